The first-order valence-electron chi connectivity index (χ1n) is 7.24. The van der Waals surface area contributed by atoms with Gasteiger partial charge in [0.25, 0.3) is 0 Å². The lowest BCUT2D eigenvalue weighted by Crippen LogP contribution is -2.22. The summed E-state index contributed by atoms with van der Waals surface area (Å²) in [7, 11) is 1.76. The fourth-order valence-corrected chi connectivity index (χ4v) is 4.04. The van der Waals surface area contributed by atoms with Crippen LogP contribution in [0.25, 0.3) is 0 Å². The molecule has 0 radical (unpaired) electrons. The van der Waals surface area contributed by atoms with Crippen molar-refractivity contribution in [1.29, 1.82) is 0 Å². The Balaban J connectivity index is 1.80. The van der Waals surface area contributed by atoms with E-state index in [0.29, 0.717) is 17.9 Å². The standard InChI is InChI=1S/C17H21NOS/c1-3-18-16(17-15(19-2)9-10-20-17)14-11-13(14)12-7-5-4-6-8-12/h4-10,13-14,16,18H,3,11H2,1-2H3. The minimum atomic E-state index is 0.417. The highest BCUT2D eigenvalue weighted by molar-refractivity contribution is 7.10. The van der Waals surface area contributed by atoms with Gasteiger partial charge < -0.3 is 10.1 Å². The van der Waals surface area contributed by atoms with Gasteiger partial charge in [0.15, 0.2) is 0 Å². The molecule has 1 fully saturated rings. The van der Waals surface area contributed by atoms with Gasteiger partial charge in [-0.1, -0.05) is 37.3 Å². The monoisotopic (exact) mass is 287 g/mol. The first kappa shape index (κ1) is 13.7. The van der Waals surface area contributed by atoms with Crippen LogP contribution in [0.1, 0.15) is 35.7 Å². The van der Waals surface area contributed by atoms with E-state index in [1.165, 1.54) is 16.9 Å². The molecule has 106 valence electrons. The molecule has 1 saturated carbocycles. The minimum Gasteiger partial charge on any atom is -0.496 e. The molecule has 20 heavy (non-hydrogen) atoms. The average Bonchev–Trinajstić information content (AvgIpc) is 3.14. The summed E-state index contributed by atoms with van der Waals surface area (Å²) in [5, 5.41) is 5.78. The van der Waals surface area contributed by atoms with Crippen molar-refractivity contribution in [2.24, 2.45) is 5.92 Å². The molecule has 1 aliphatic carbocycles. The summed E-state index contributed by atoms with van der Waals surface area (Å²) in [6.45, 7) is 3.16. The quantitative estimate of drug-likeness (QED) is 0.859. The summed E-state index contributed by atoms with van der Waals surface area (Å²) in [6.07, 6.45) is 1.27. The van der Waals surface area contributed by atoms with Crippen molar-refractivity contribution >= 4 is 11.3 Å². The van der Waals surface area contributed by atoms with Gasteiger partial charge in [-0.05, 0) is 41.8 Å². The topological polar surface area (TPSA) is 21.3 Å². The molecule has 0 spiro atoms. The van der Waals surface area contributed by atoms with E-state index < -0.39 is 0 Å². The van der Waals surface area contributed by atoms with Crippen molar-refractivity contribution in [2.75, 3.05) is 13.7 Å². The zero-order valence-corrected chi connectivity index (χ0v) is 12.8. The van der Waals surface area contributed by atoms with E-state index in [0.717, 1.165) is 12.3 Å². The first-order chi connectivity index (χ1) is 9.85. The molecule has 1 aromatic carbocycles. The van der Waals surface area contributed by atoms with Gasteiger partial charge in [-0.15, -0.1) is 11.3 Å². The third-order valence-electron chi connectivity index (χ3n) is 4.08. The number of ether oxygens (including phenoxy) is 1. The van der Waals surface area contributed by atoms with Crippen LogP contribution in [0, 0.1) is 5.92 Å². The van der Waals surface area contributed by atoms with Crippen LogP contribution in [-0.2, 0) is 0 Å². The van der Waals surface area contributed by atoms with E-state index in [-0.39, 0.29) is 0 Å². The van der Waals surface area contributed by atoms with Crippen LogP contribution in [0.15, 0.2) is 41.8 Å². The van der Waals surface area contributed by atoms with Crippen LogP contribution in [0.3, 0.4) is 0 Å². The lowest BCUT2D eigenvalue weighted by molar-refractivity contribution is 0.396. The highest BCUT2D eigenvalue weighted by atomic mass is 32.1. The van der Waals surface area contributed by atoms with Crippen molar-refractivity contribution in [3.63, 3.8) is 0 Å². The molecule has 3 rings (SSSR count). The number of nitrogens with one attached hydrogen (secondary N) is 1. The number of hydrogen-bond donors (Lipinski definition) is 1. The van der Waals surface area contributed by atoms with Crippen molar-refractivity contribution in [1.82, 2.24) is 5.32 Å². The number of rotatable bonds is 6. The maximum absolute atomic E-state index is 5.50. The van der Waals surface area contributed by atoms with E-state index in [9.17, 15) is 0 Å². The minimum absolute atomic E-state index is 0.417. The van der Waals surface area contributed by atoms with Crippen LogP contribution in [0.4, 0.5) is 0 Å². The van der Waals surface area contributed by atoms with Gasteiger partial charge in [-0.3, -0.25) is 0 Å². The fraction of sp³-hybridized carbons (Fsp3) is 0.412. The Kier molecular flexibility index (Phi) is 4.08. The molecule has 1 aromatic heterocycles. The van der Waals surface area contributed by atoms with Crippen LogP contribution < -0.4 is 10.1 Å². The highest BCUT2D eigenvalue weighted by Crippen LogP contribution is 2.55. The molecule has 0 bridgehead atoms. The molecule has 1 aliphatic rings. The summed E-state index contributed by atoms with van der Waals surface area (Å²) >= 11 is 1.80. The Morgan fingerprint density at radius 2 is 2.10 bits per heavy atom. The van der Waals surface area contributed by atoms with E-state index in [2.05, 4.69) is 54.0 Å². The molecule has 0 saturated heterocycles. The maximum atomic E-state index is 5.50. The van der Waals surface area contributed by atoms with Gasteiger partial charge in [0.05, 0.1) is 12.0 Å². The van der Waals surface area contributed by atoms with Crippen LogP contribution >= 0.6 is 11.3 Å². The van der Waals surface area contributed by atoms with Crippen molar-refractivity contribution in [3.8, 4) is 5.75 Å². The summed E-state index contributed by atoms with van der Waals surface area (Å²) in [5.41, 5.74) is 1.47. The van der Waals surface area contributed by atoms with Crippen LogP contribution in [0.2, 0.25) is 0 Å². The van der Waals surface area contributed by atoms with Crippen molar-refractivity contribution in [2.45, 2.75) is 25.3 Å². The zero-order chi connectivity index (χ0) is 13.9. The summed E-state index contributed by atoms with van der Waals surface area (Å²) in [4.78, 5) is 1.35. The molecule has 3 unspecified atom stereocenters. The number of methoxy groups -OCH3 is 1. The second-order valence-corrected chi connectivity index (χ2v) is 6.25. The molecule has 2 aromatic rings. The lowest BCUT2D eigenvalue weighted by Gasteiger charge is -2.18. The van der Waals surface area contributed by atoms with Gasteiger partial charge in [0.2, 0.25) is 0 Å². The molecular formula is C17H21NOS. The van der Waals surface area contributed by atoms with Crippen LogP contribution in [-0.4, -0.2) is 13.7 Å². The molecule has 0 amide bonds. The van der Waals surface area contributed by atoms with Gasteiger partial charge >= 0.3 is 0 Å². The van der Waals surface area contributed by atoms with Crippen LogP contribution in [0.5, 0.6) is 5.75 Å². The van der Waals surface area contributed by atoms with E-state index in [4.69, 9.17) is 4.74 Å². The van der Waals surface area contributed by atoms with E-state index in [1.54, 1.807) is 18.4 Å². The second kappa shape index (κ2) is 5.98. The van der Waals surface area contributed by atoms with Crippen molar-refractivity contribution in [3.05, 3.63) is 52.2 Å². The Hall–Kier alpha value is -1.32. The number of thiophene rings is 1. The molecular weight excluding hydrogens is 266 g/mol. The normalized spacial score (nSPS) is 22.5. The Bertz CT molecular complexity index is 551. The highest BCUT2D eigenvalue weighted by Gasteiger charge is 2.45. The fourth-order valence-electron chi connectivity index (χ4n) is 3.03. The lowest BCUT2D eigenvalue weighted by atomic mass is 10.0. The summed E-state index contributed by atoms with van der Waals surface area (Å²) < 4.78 is 5.50. The summed E-state index contributed by atoms with van der Waals surface area (Å²) in [5.74, 6) is 2.40. The Morgan fingerprint density at radius 3 is 2.80 bits per heavy atom. The molecule has 3 atom stereocenters. The largest absolute Gasteiger partial charge is 0.496 e. The Morgan fingerprint density at radius 1 is 1.30 bits per heavy atom. The second-order valence-electron chi connectivity index (χ2n) is 5.31. The molecule has 3 heteroatoms. The third kappa shape index (κ3) is 2.60. The molecule has 0 aliphatic heterocycles. The van der Waals surface area contributed by atoms with Gasteiger partial charge in [-0.25, -0.2) is 0 Å². The van der Waals surface area contributed by atoms with E-state index >= 15 is 0 Å². The molecule has 1 heterocycles. The van der Waals surface area contributed by atoms with E-state index in [1.807, 2.05) is 0 Å². The van der Waals surface area contributed by atoms with Gasteiger partial charge in [0, 0.05) is 6.04 Å². The first-order valence-corrected chi connectivity index (χ1v) is 8.12. The average molecular weight is 287 g/mol. The smallest absolute Gasteiger partial charge is 0.134 e. The number of benzene rings is 1. The maximum Gasteiger partial charge on any atom is 0.134 e. The summed E-state index contributed by atoms with van der Waals surface area (Å²) in [6, 6.07) is 13.4. The number of hydrogen-bond acceptors (Lipinski definition) is 3. The SMILES string of the molecule is CCNC(c1sccc1OC)C1CC1c1ccccc1. The van der Waals surface area contributed by atoms with Gasteiger partial charge in [0.1, 0.15) is 5.75 Å². The molecule has 1 N–H and O–H groups in total. The predicted octanol–water partition coefficient (Wildman–Crippen LogP) is 4.21. The zero-order valence-electron chi connectivity index (χ0n) is 12.0. The van der Waals surface area contributed by atoms with Gasteiger partial charge in [-0.2, -0.15) is 0 Å². The third-order valence-corrected chi connectivity index (χ3v) is 5.06. The Labute approximate surface area is 124 Å². The molecule has 2 nitrogen and oxygen atoms in total. The van der Waals surface area contributed by atoms with Crippen molar-refractivity contribution < 1.29 is 4.74 Å². The predicted molar refractivity (Wildman–Crippen MR) is 84.6 cm³/mol.